The van der Waals surface area contributed by atoms with Gasteiger partial charge in [0.2, 0.25) is 0 Å². The maximum atomic E-state index is 11.4. The number of benzene rings is 2. The highest BCUT2D eigenvalue weighted by Crippen LogP contribution is 2.23. The summed E-state index contributed by atoms with van der Waals surface area (Å²) in [6.07, 6.45) is 0. The van der Waals surface area contributed by atoms with Crippen molar-refractivity contribution >= 4 is 17.6 Å². The summed E-state index contributed by atoms with van der Waals surface area (Å²) in [6, 6.07) is 13.8. The van der Waals surface area contributed by atoms with E-state index in [1.807, 2.05) is 0 Å². The summed E-state index contributed by atoms with van der Waals surface area (Å²) in [6.45, 7) is 0.0167. The van der Waals surface area contributed by atoms with Crippen LogP contribution in [-0.4, -0.2) is 24.8 Å². The van der Waals surface area contributed by atoms with Crippen LogP contribution in [0.5, 0.6) is 11.5 Å². The molecule has 0 aromatic heterocycles. The molecule has 1 unspecified atom stereocenters. The first kappa shape index (κ1) is 15.2. The average Bonchev–Trinajstić information content (AvgIpc) is 2.47. The smallest absolute Gasteiger partial charge is 0.314 e. The first-order valence-electron chi connectivity index (χ1n) is 6.35. The predicted octanol–water partition coefficient (Wildman–Crippen LogP) is 3.60. The zero-order valence-electron chi connectivity index (χ0n) is 11.5. The van der Waals surface area contributed by atoms with E-state index in [0.717, 1.165) is 0 Å². The fourth-order valence-electron chi connectivity index (χ4n) is 1.90. The first-order chi connectivity index (χ1) is 10.1. The number of rotatable bonds is 6. The Labute approximate surface area is 127 Å². The first-order valence-corrected chi connectivity index (χ1v) is 6.73. The van der Waals surface area contributed by atoms with Gasteiger partial charge in [0.1, 0.15) is 24.0 Å². The Kier molecular flexibility index (Phi) is 5.06. The Hall–Kier alpha value is -2.20. The lowest BCUT2D eigenvalue weighted by Crippen LogP contribution is -2.19. The molecule has 4 nitrogen and oxygen atoms in total. The van der Waals surface area contributed by atoms with Gasteiger partial charge in [-0.25, -0.2) is 0 Å². The molecule has 0 aliphatic rings. The van der Waals surface area contributed by atoms with E-state index >= 15 is 0 Å². The molecule has 0 saturated heterocycles. The number of halogens is 1. The highest BCUT2D eigenvalue weighted by atomic mass is 35.5. The summed E-state index contributed by atoms with van der Waals surface area (Å²) in [7, 11) is 1.56. The quantitative estimate of drug-likeness (QED) is 0.886. The van der Waals surface area contributed by atoms with Gasteiger partial charge in [-0.05, 0) is 29.8 Å². The van der Waals surface area contributed by atoms with Gasteiger partial charge in [0, 0.05) is 11.1 Å². The van der Waals surface area contributed by atoms with Crippen LogP contribution in [0.2, 0.25) is 5.02 Å². The summed E-state index contributed by atoms with van der Waals surface area (Å²) in [5.74, 6) is -0.528. The van der Waals surface area contributed by atoms with Crippen molar-refractivity contribution in [1.29, 1.82) is 0 Å². The van der Waals surface area contributed by atoms with Crippen molar-refractivity contribution in [3.63, 3.8) is 0 Å². The van der Waals surface area contributed by atoms with Gasteiger partial charge in [-0.15, -0.1) is 0 Å². The van der Waals surface area contributed by atoms with Crippen LogP contribution in [0.1, 0.15) is 11.5 Å². The van der Waals surface area contributed by atoms with Crippen molar-refractivity contribution < 1.29 is 19.4 Å². The van der Waals surface area contributed by atoms with Gasteiger partial charge in [-0.3, -0.25) is 4.79 Å². The highest BCUT2D eigenvalue weighted by molar-refractivity contribution is 6.30. The average molecular weight is 307 g/mol. The molecular formula is C16H15ClO4. The van der Waals surface area contributed by atoms with Crippen LogP contribution in [0.3, 0.4) is 0 Å². The van der Waals surface area contributed by atoms with Crippen molar-refractivity contribution in [3.8, 4) is 11.5 Å². The summed E-state index contributed by atoms with van der Waals surface area (Å²) in [4.78, 5) is 11.4. The Morgan fingerprint density at radius 3 is 2.57 bits per heavy atom. The zero-order chi connectivity index (χ0) is 15.2. The van der Waals surface area contributed by atoms with Crippen molar-refractivity contribution in [1.82, 2.24) is 0 Å². The number of carbonyl (C=O) groups is 1. The minimum atomic E-state index is -0.958. The molecule has 0 bridgehead atoms. The molecule has 1 N–H and O–H groups in total. The molecule has 0 aliphatic heterocycles. The number of ether oxygens (including phenoxy) is 2. The molecule has 2 rings (SSSR count). The molecule has 2 aromatic rings. The van der Waals surface area contributed by atoms with Gasteiger partial charge in [-0.2, -0.15) is 0 Å². The molecule has 0 fully saturated rings. The number of aliphatic carboxylic acids is 1. The zero-order valence-corrected chi connectivity index (χ0v) is 12.2. The number of hydrogen-bond acceptors (Lipinski definition) is 3. The maximum Gasteiger partial charge on any atom is 0.314 e. The lowest BCUT2D eigenvalue weighted by Gasteiger charge is -2.15. The lowest BCUT2D eigenvalue weighted by atomic mass is 10.0. The second-order valence-electron chi connectivity index (χ2n) is 4.44. The SMILES string of the molecule is COc1cccc(OCC(C(=O)O)c2cccc(Cl)c2)c1. The summed E-state index contributed by atoms with van der Waals surface area (Å²) in [5.41, 5.74) is 0.609. The molecule has 21 heavy (non-hydrogen) atoms. The summed E-state index contributed by atoms with van der Waals surface area (Å²) >= 11 is 5.90. The molecule has 0 heterocycles. The number of methoxy groups -OCH3 is 1. The second-order valence-corrected chi connectivity index (χ2v) is 4.87. The van der Waals surface area contributed by atoms with E-state index in [-0.39, 0.29) is 6.61 Å². The van der Waals surface area contributed by atoms with E-state index in [2.05, 4.69) is 0 Å². The molecule has 110 valence electrons. The normalized spacial score (nSPS) is 11.7. The van der Waals surface area contributed by atoms with Crippen LogP contribution in [-0.2, 0) is 4.79 Å². The minimum Gasteiger partial charge on any atom is -0.497 e. The standard InChI is InChI=1S/C16H15ClO4/c1-20-13-6-3-7-14(9-13)21-10-15(16(18)19)11-4-2-5-12(17)8-11/h2-9,15H,10H2,1H3,(H,18,19). The third kappa shape index (κ3) is 4.13. The molecule has 1 atom stereocenters. The highest BCUT2D eigenvalue weighted by Gasteiger charge is 2.21. The molecule has 0 spiro atoms. The number of carboxylic acids is 1. The van der Waals surface area contributed by atoms with Crippen molar-refractivity contribution in [2.45, 2.75) is 5.92 Å². The predicted molar refractivity (Wildman–Crippen MR) is 80.3 cm³/mol. The topological polar surface area (TPSA) is 55.8 Å². The van der Waals surface area contributed by atoms with E-state index in [1.54, 1.807) is 55.6 Å². The van der Waals surface area contributed by atoms with E-state index < -0.39 is 11.9 Å². The Bertz CT molecular complexity index is 627. The van der Waals surface area contributed by atoms with Crippen LogP contribution >= 0.6 is 11.6 Å². The molecule has 0 amide bonds. The fourth-order valence-corrected chi connectivity index (χ4v) is 2.10. The summed E-state index contributed by atoms with van der Waals surface area (Å²) < 4.78 is 10.7. The van der Waals surface area contributed by atoms with Gasteiger partial charge in [0.25, 0.3) is 0 Å². The summed E-state index contributed by atoms with van der Waals surface area (Å²) in [5, 5.41) is 9.85. The molecule has 0 radical (unpaired) electrons. The van der Waals surface area contributed by atoms with Crippen LogP contribution < -0.4 is 9.47 Å². The van der Waals surface area contributed by atoms with Crippen LogP contribution in [0.15, 0.2) is 48.5 Å². The van der Waals surface area contributed by atoms with Gasteiger partial charge < -0.3 is 14.6 Å². The van der Waals surface area contributed by atoms with Crippen molar-refractivity contribution in [2.24, 2.45) is 0 Å². The van der Waals surface area contributed by atoms with E-state index in [1.165, 1.54) is 0 Å². The molecular weight excluding hydrogens is 292 g/mol. The van der Waals surface area contributed by atoms with Crippen LogP contribution in [0.4, 0.5) is 0 Å². The third-order valence-corrected chi connectivity index (χ3v) is 3.24. The number of hydrogen-bond donors (Lipinski definition) is 1. The Balaban J connectivity index is 2.12. The van der Waals surface area contributed by atoms with Crippen molar-refractivity contribution in [2.75, 3.05) is 13.7 Å². The molecule has 2 aromatic carbocycles. The fraction of sp³-hybridized carbons (Fsp3) is 0.188. The van der Waals surface area contributed by atoms with Gasteiger partial charge in [0.05, 0.1) is 7.11 Å². The van der Waals surface area contributed by atoms with Gasteiger partial charge in [-0.1, -0.05) is 29.8 Å². The van der Waals surface area contributed by atoms with E-state index in [9.17, 15) is 9.90 Å². The van der Waals surface area contributed by atoms with E-state index in [0.29, 0.717) is 22.1 Å². The number of carboxylic acid groups (broad SMARTS) is 1. The minimum absolute atomic E-state index is 0.0167. The Morgan fingerprint density at radius 2 is 1.90 bits per heavy atom. The second kappa shape index (κ2) is 6.99. The van der Waals surface area contributed by atoms with Crippen molar-refractivity contribution in [3.05, 3.63) is 59.1 Å². The van der Waals surface area contributed by atoms with Gasteiger partial charge >= 0.3 is 5.97 Å². The van der Waals surface area contributed by atoms with Crippen LogP contribution in [0, 0.1) is 0 Å². The molecule has 5 heteroatoms. The Morgan fingerprint density at radius 1 is 1.19 bits per heavy atom. The third-order valence-electron chi connectivity index (χ3n) is 3.01. The molecule has 0 aliphatic carbocycles. The largest absolute Gasteiger partial charge is 0.497 e. The van der Waals surface area contributed by atoms with E-state index in [4.69, 9.17) is 21.1 Å². The molecule has 0 saturated carbocycles. The monoisotopic (exact) mass is 306 g/mol. The van der Waals surface area contributed by atoms with Crippen LogP contribution in [0.25, 0.3) is 0 Å². The lowest BCUT2D eigenvalue weighted by molar-refractivity contribution is -0.139. The maximum absolute atomic E-state index is 11.4. The van der Waals surface area contributed by atoms with Gasteiger partial charge in [0.15, 0.2) is 0 Å².